The molecule has 0 bridgehead atoms. The van der Waals surface area contributed by atoms with Crippen molar-refractivity contribution in [1.82, 2.24) is 4.90 Å². The molecule has 1 heterocycles. The molecule has 1 fully saturated rings. The summed E-state index contributed by atoms with van der Waals surface area (Å²) in [5.74, 6) is -0.676. The van der Waals surface area contributed by atoms with E-state index in [1.165, 1.54) is 12.1 Å². The van der Waals surface area contributed by atoms with Crippen molar-refractivity contribution in [2.24, 2.45) is 0 Å². The predicted molar refractivity (Wildman–Crippen MR) is 77.3 cm³/mol. The van der Waals surface area contributed by atoms with Gasteiger partial charge in [-0.05, 0) is 25.1 Å². The number of carbonyl (C=O) groups excluding carboxylic acids is 1. The van der Waals surface area contributed by atoms with Crippen LogP contribution in [0.4, 0.5) is 15.8 Å². The van der Waals surface area contributed by atoms with Gasteiger partial charge in [-0.25, -0.2) is 4.39 Å². The number of hydrogen-bond acceptors (Lipinski definition) is 5. The number of hydrogen-bond donors (Lipinski definition) is 3. The first-order chi connectivity index (χ1) is 10.0. The van der Waals surface area contributed by atoms with E-state index in [0.29, 0.717) is 25.4 Å². The lowest BCUT2D eigenvalue weighted by Crippen LogP contribution is -2.51. The Balaban J connectivity index is 1.99. The normalized spacial score (nSPS) is 21.0. The molecule has 0 saturated carbocycles. The number of rotatable bonds is 4. The van der Waals surface area contributed by atoms with E-state index in [4.69, 9.17) is 15.6 Å². The second-order valence-electron chi connectivity index (χ2n) is 5.07. The second-order valence-corrected chi connectivity index (χ2v) is 5.07. The number of nitrogens with two attached hydrogens (primary N) is 1. The van der Waals surface area contributed by atoms with E-state index in [9.17, 15) is 9.18 Å². The Morgan fingerprint density at radius 2 is 2.43 bits per heavy atom. The van der Waals surface area contributed by atoms with Crippen molar-refractivity contribution in [3.05, 3.63) is 24.0 Å². The number of anilines is 2. The van der Waals surface area contributed by atoms with E-state index in [2.05, 4.69) is 5.32 Å². The minimum Gasteiger partial charge on any atom is -0.397 e. The topological polar surface area (TPSA) is 87.8 Å². The predicted octanol–water partition coefficient (Wildman–Crippen LogP) is 0.428. The van der Waals surface area contributed by atoms with E-state index in [1.807, 2.05) is 4.90 Å². The molecule has 116 valence electrons. The molecule has 1 aliphatic rings. The fourth-order valence-corrected chi connectivity index (χ4v) is 2.25. The van der Waals surface area contributed by atoms with Crippen molar-refractivity contribution in [3.63, 3.8) is 0 Å². The number of aliphatic hydroxyl groups excluding tert-OH is 1. The summed E-state index contributed by atoms with van der Waals surface area (Å²) in [6.45, 7) is 3.28. The molecular weight excluding hydrogens is 277 g/mol. The van der Waals surface area contributed by atoms with Crippen molar-refractivity contribution in [2.75, 3.05) is 37.4 Å². The summed E-state index contributed by atoms with van der Waals surface area (Å²) in [5.41, 5.74) is 6.25. The molecule has 2 unspecified atom stereocenters. The smallest absolute Gasteiger partial charge is 0.241 e. The van der Waals surface area contributed by atoms with Crippen LogP contribution in [0.2, 0.25) is 0 Å². The summed E-state index contributed by atoms with van der Waals surface area (Å²) in [6, 6.07) is 3.45. The Labute approximate surface area is 122 Å². The molecule has 1 aromatic carbocycles. The van der Waals surface area contributed by atoms with Gasteiger partial charge in [-0.3, -0.25) is 9.69 Å². The van der Waals surface area contributed by atoms with Crippen LogP contribution in [0.15, 0.2) is 18.2 Å². The largest absolute Gasteiger partial charge is 0.397 e. The van der Waals surface area contributed by atoms with Crippen molar-refractivity contribution in [3.8, 4) is 0 Å². The highest BCUT2D eigenvalue weighted by Gasteiger charge is 2.27. The van der Waals surface area contributed by atoms with Gasteiger partial charge in [0.2, 0.25) is 5.91 Å². The van der Waals surface area contributed by atoms with Gasteiger partial charge in [0.25, 0.3) is 0 Å². The Morgan fingerprint density at radius 1 is 1.67 bits per heavy atom. The molecule has 4 N–H and O–H groups in total. The van der Waals surface area contributed by atoms with Gasteiger partial charge in [0.1, 0.15) is 5.82 Å². The lowest BCUT2D eigenvalue weighted by atomic mass is 10.2. The summed E-state index contributed by atoms with van der Waals surface area (Å²) >= 11 is 0. The number of benzene rings is 1. The highest BCUT2D eigenvalue weighted by molar-refractivity contribution is 5.97. The average Bonchev–Trinajstić information content (AvgIpc) is 2.49. The van der Waals surface area contributed by atoms with Gasteiger partial charge in [0, 0.05) is 13.1 Å². The Hall–Kier alpha value is -1.70. The Bertz CT molecular complexity index is 512. The molecule has 0 radical (unpaired) electrons. The van der Waals surface area contributed by atoms with Crippen LogP contribution in [0.5, 0.6) is 0 Å². The van der Waals surface area contributed by atoms with Gasteiger partial charge in [0.15, 0.2) is 0 Å². The molecule has 1 amide bonds. The van der Waals surface area contributed by atoms with Crippen LogP contribution >= 0.6 is 0 Å². The third-order valence-electron chi connectivity index (χ3n) is 3.57. The fraction of sp³-hybridized carbons (Fsp3) is 0.500. The molecule has 0 aliphatic carbocycles. The fourth-order valence-electron chi connectivity index (χ4n) is 2.25. The molecule has 0 aromatic heterocycles. The van der Waals surface area contributed by atoms with Crippen molar-refractivity contribution in [2.45, 2.75) is 19.1 Å². The first-order valence-electron chi connectivity index (χ1n) is 6.83. The van der Waals surface area contributed by atoms with Gasteiger partial charge in [-0.15, -0.1) is 0 Å². The van der Waals surface area contributed by atoms with Gasteiger partial charge in [-0.1, -0.05) is 0 Å². The zero-order valence-electron chi connectivity index (χ0n) is 11.9. The molecular formula is C14H20FN3O3. The van der Waals surface area contributed by atoms with Crippen LogP contribution in [-0.2, 0) is 9.53 Å². The van der Waals surface area contributed by atoms with Crippen LogP contribution in [0, 0.1) is 5.82 Å². The lowest BCUT2D eigenvalue weighted by molar-refractivity contribution is -0.125. The SMILES string of the molecule is CC(C(=O)Nc1ccc(F)cc1N)N1CCOC(CO)C1. The van der Waals surface area contributed by atoms with Crippen LogP contribution in [0.25, 0.3) is 0 Å². The molecule has 0 spiro atoms. The minimum atomic E-state index is -0.447. The summed E-state index contributed by atoms with van der Waals surface area (Å²) in [7, 11) is 0. The molecule has 1 aromatic rings. The Kier molecular flexibility index (Phi) is 5.11. The quantitative estimate of drug-likeness (QED) is 0.701. The van der Waals surface area contributed by atoms with Crippen molar-refractivity contribution in [1.29, 1.82) is 0 Å². The number of nitrogens with one attached hydrogen (secondary N) is 1. The molecule has 7 heteroatoms. The number of morpholine rings is 1. The average molecular weight is 297 g/mol. The molecule has 21 heavy (non-hydrogen) atoms. The van der Waals surface area contributed by atoms with Crippen LogP contribution in [0.1, 0.15) is 6.92 Å². The van der Waals surface area contributed by atoms with Gasteiger partial charge in [0.05, 0.1) is 36.7 Å². The zero-order chi connectivity index (χ0) is 15.4. The monoisotopic (exact) mass is 297 g/mol. The summed E-state index contributed by atoms with van der Waals surface area (Å²) in [4.78, 5) is 14.2. The van der Waals surface area contributed by atoms with Crippen molar-refractivity contribution >= 4 is 17.3 Å². The van der Waals surface area contributed by atoms with E-state index in [1.54, 1.807) is 6.92 Å². The number of carbonyl (C=O) groups is 1. The van der Waals surface area contributed by atoms with Gasteiger partial charge < -0.3 is 20.9 Å². The molecule has 2 atom stereocenters. The maximum atomic E-state index is 13.0. The number of aliphatic hydroxyl groups is 1. The Morgan fingerprint density at radius 3 is 3.10 bits per heavy atom. The third-order valence-corrected chi connectivity index (χ3v) is 3.57. The van der Waals surface area contributed by atoms with E-state index < -0.39 is 11.9 Å². The standard InChI is InChI=1S/C14H20FN3O3/c1-9(18-4-5-21-11(7-18)8-19)14(20)17-13-3-2-10(15)6-12(13)16/h2-3,6,9,11,19H,4-5,7-8,16H2,1H3,(H,17,20). The number of halogens is 1. The molecule has 1 aliphatic heterocycles. The zero-order valence-corrected chi connectivity index (χ0v) is 11.9. The summed E-state index contributed by atoms with van der Waals surface area (Å²) in [5, 5.41) is 11.8. The number of ether oxygens (including phenoxy) is 1. The van der Waals surface area contributed by atoms with E-state index in [-0.39, 0.29) is 24.3 Å². The second kappa shape index (κ2) is 6.84. The minimum absolute atomic E-state index is 0.0737. The number of nitrogen functional groups attached to an aromatic ring is 1. The first-order valence-corrected chi connectivity index (χ1v) is 6.83. The number of amides is 1. The highest BCUT2D eigenvalue weighted by Crippen LogP contribution is 2.20. The maximum Gasteiger partial charge on any atom is 0.241 e. The van der Waals surface area contributed by atoms with Crippen LogP contribution in [-0.4, -0.2) is 54.4 Å². The summed E-state index contributed by atoms with van der Waals surface area (Å²) in [6.07, 6.45) is -0.273. The number of nitrogens with zero attached hydrogens (tertiary/aromatic N) is 1. The first kappa shape index (κ1) is 15.7. The van der Waals surface area contributed by atoms with Crippen LogP contribution < -0.4 is 11.1 Å². The van der Waals surface area contributed by atoms with Gasteiger partial charge in [-0.2, -0.15) is 0 Å². The molecule has 6 nitrogen and oxygen atoms in total. The third kappa shape index (κ3) is 3.90. The molecule has 2 rings (SSSR count). The van der Waals surface area contributed by atoms with Gasteiger partial charge >= 0.3 is 0 Å². The van der Waals surface area contributed by atoms with Crippen molar-refractivity contribution < 1.29 is 19.0 Å². The molecule has 1 saturated heterocycles. The highest BCUT2D eigenvalue weighted by atomic mass is 19.1. The van der Waals surface area contributed by atoms with E-state index >= 15 is 0 Å². The van der Waals surface area contributed by atoms with E-state index in [0.717, 1.165) is 6.07 Å². The van der Waals surface area contributed by atoms with Crippen LogP contribution in [0.3, 0.4) is 0 Å². The summed E-state index contributed by atoms with van der Waals surface area (Å²) < 4.78 is 18.3. The lowest BCUT2D eigenvalue weighted by Gasteiger charge is -2.35. The maximum absolute atomic E-state index is 13.0.